The Bertz CT molecular complexity index is 1020. The van der Waals surface area contributed by atoms with Crippen LogP contribution in [-0.2, 0) is 20.0 Å². The van der Waals surface area contributed by atoms with Crippen molar-refractivity contribution in [3.63, 3.8) is 0 Å². The fourth-order valence-corrected chi connectivity index (χ4v) is 4.54. The number of amides is 1. The van der Waals surface area contributed by atoms with Gasteiger partial charge in [0.1, 0.15) is 11.5 Å². The van der Waals surface area contributed by atoms with Crippen LogP contribution < -0.4 is 0 Å². The highest BCUT2D eigenvalue weighted by molar-refractivity contribution is 5.92. The summed E-state index contributed by atoms with van der Waals surface area (Å²) < 4.78 is 4.01. The molecule has 0 N–H and O–H groups in total. The molecule has 4 heterocycles. The highest BCUT2D eigenvalue weighted by atomic mass is 16.2. The van der Waals surface area contributed by atoms with Gasteiger partial charge in [-0.2, -0.15) is 5.10 Å². The van der Waals surface area contributed by atoms with Crippen molar-refractivity contribution in [1.29, 1.82) is 0 Å². The molecule has 0 aliphatic carbocycles. The number of aryl methyl sites for hydroxylation is 2. The Labute approximate surface area is 158 Å². The van der Waals surface area contributed by atoms with E-state index in [0.717, 1.165) is 38.3 Å². The van der Waals surface area contributed by atoms with Gasteiger partial charge < -0.3 is 9.47 Å². The van der Waals surface area contributed by atoms with Gasteiger partial charge >= 0.3 is 0 Å². The Balaban J connectivity index is 1.38. The number of carbonyl (C=O) groups is 1. The molecule has 1 aromatic carbocycles. The lowest BCUT2D eigenvalue weighted by Gasteiger charge is -2.23. The second kappa shape index (κ2) is 5.81. The van der Waals surface area contributed by atoms with Gasteiger partial charge in [-0.15, -0.1) is 0 Å². The summed E-state index contributed by atoms with van der Waals surface area (Å²) in [6, 6.07) is 10.4. The minimum Gasteiger partial charge on any atom is -0.337 e. The number of aromatic nitrogens is 4. The van der Waals surface area contributed by atoms with E-state index in [1.54, 1.807) is 16.9 Å². The van der Waals surface area contributed by atoms with E-state index in [1.165, 1.54) is 16.8 Å². The fourth-order valence-electron chi connectivity index (χ4n) is 4.54. The molecule has 1 saturated heterocycles. The number of hydrogen-bond acceptors (Lipinski definition) is 3. The summed E-state index contributed by atoms with van der Waals surface area (Å²) >= 11 is 0. The molecule has 138 valence electrons. The van der Waals surface area contributed by atoms with Crippen LogP contribution in [-0.4, -0.2) is 43.2 Å². The number of nitrogens with zero attached hydrogens (tertiary/aromatic N) is 5. The normalized spacial score (nSPS) is 21.2. The van der Waals surface area contributed by atoms with Crippen LogP contribution in [0.2, 0.25) is 0 Å². The van der Waals surface area contributed by atoms with Gasteiger partial charge in [-0.1, -0.05) is 29.8 Å². The van der Waals surface area contributed by atoms with Crippen LogP contribution in [0.4, 0.5) is 0 Å². The molecular formula is C21H23N5O. The van der Waals surface area contributed by atoms with Gasteiger partial charge in [-0.3, -0.25) is 9.48 Å². The van der Waals surface area contributed by atoms with E-state index in [9.17, 15) is 4.79 Å². The van der Waals surface area contributed by atoms with E-state index in [4.69, 9.17) is 4.98 Å². The molecule has 27 heavy (non-hydrogen) atoms. The van der Waals surface area contributed by atoms with Crippen molar-refractivity contribution in [2.75, 3.05) is 13.1 Å². The maximum atomic E-state index is 12.8. The molecule has 3 aromatic rings. The standard InChI is InChI=1S/C21H23N5O/c1-15-3-5-16(6-4-15)18-12-22-19-11-21(14-26(18)19)8-10-25(13-21)20(27)17-7-9-23-24(17)2/h3-7,9,12H,8,10-11,13-14H2,1-2H3/t21-/m1/s1. The molecule has 1 fully saturated rings. The van der Waals surface area contributed by atoms with Gasteiger partial charge in [0.15, 0.2) is 0 Å². The summed E-state index contributed by atoms with van der Waals surface area (Å²) in [7, 11) is 1.82. The number of rotatable bonds is 2. The lowest BCUT2D eigenvalue weighted by atomic mass is 9.86. The van der Waals surface area contributed by atoms with Crippen LogP contribution in [0.25, 0.3) is 11.3 Å². The van der Waals surface area contributed by atoms with E-state index in [1.807, 2.05) is 18.1 Å². The van der Waals surface area contributed by atoms with Crippen LogP contribution in [0.1, 0.15) is 28.3 Å². The highest BCUT2D eigenvalue weighted by Gasteiger charge is 2.46. The summed E-state index contributed by atoms with van der Waals surface area (Å²) in [6.07, 6.45) is 5.62. The van der Waals surface area contributed by atoms with Gasteiger partial charge in [0, 0.05) is 44.7 Å². The molecule has 2 aliphatic heterocycles. The topological polar surface area (TPSA) is 56.0 Å². The van der Waals surface area contributed by atoms with Crippen molar-refractivity contribution in [3.8, 4) is 11.3 Å². The van der Waals surface area contributed by atoms with Crippen LogP contribution in [0, 0.1) is 12.3 Å². The zero-order valence-corrected chi connectivity index (χ0v) is 15.7. The zero-order valence-electron chi connectivity index (χ0n) is 15.7. The SMILES string of the molecule is Cc1ccc(-c2cnc3n2C[C@]2(CCN(C(=O)c4ccnn4C)C2)C3)cc1. The van der Waals surface area contributed by atoms with Crippen molar-refractivity contribution < 1.29 is 4.79 Å². The summed E-state index contributed by atoms with van der Waals surface area (Å²) in [5.74, 6) is 1.22. The van der Waals surface area contributed by atoms with Crippen molar-refractivity contribution in [1.82, 2.24) is 24.2 Å². The molecular weight excluding hydrogens is 338 g/mol. The van der Waals surface area contributed by atoms with E-state index >= 15 is 0 Å². The molecule has 2 aliphatic rings. The average molecular weight is 361 g/mol. The number of carbonyl (C=O) groups excluding carboxylic acids is 1. The highest BCUT2D eigenvalue weighted by Crippen LogP contribution is 2.42. The van der Waals surface area contributed by atoms with Gasteiger partial charge in [-0.25, -0.2) is 4.98 Å². The first kappa shape index (κ1) is 16.3. The fraction of sp³-hybridized carbons (Fsp3) is 0.381. The smallest absolute Gasteiger partial charge is 0.272 e. The molecule has 6 heteroatoms. The molecule has 1 spiro atoms. The van der Waals surface area contributed by atoms with Crippen LogP contribution in [0.3, 0.4) is 0 Å². The predicted molar refractivity (Wildman–Crippen MR) is 102 cm³/mol. The lowest BCUT2D eigenvalue weighted by molar-refractivity contribution is 0.0761. The molecule has 2 aromatic heterocycles. The second-order valence-electron chi connectivity index (χ2n) is 8.01. The van der Waals surface area contributed by atoms with Crippen molar-refractivity contribution >= 4 is 5.91 Å². The Morgan fingerprint density at radius 1 is 1.15 bits per heavy atom. The Hall–Kier alpha value is -2.89. The molecule has 0 radical (unpaired) electrons. The molecule has 0 unspecified atom stereocenters. The van der Waals surface area contributed by atoms with Gasteiger partial charge in [0.25, 0.3) is 5.91 Å². The molecule has 0 saturated carbocycles. The van der Waals surface area contributed by atoms with Gasteiger partial charge in [0.2, 0.25) is 0 Å². The Kier molecular flexibility index (Phi) is 3.50. The maximum Gasteiger partial charge on any atom is 0.272 e. The monoisotopic (exact) mass is 361 g/mol. The van der Waals surface area contributed by atoms with Crippen molar-refractivity contribution in [3.05, 3.63) is 59.8 Å². The van der Waals surface area contributed by atoms with Crippen molar-refractivity contribution in [2.45, 2.75) is 26.3 Å². The van der Waals surface area contributed by atoms with E-state index in [0.29, 0.717) is 5.69 Å². The van der Waals surface area contributed by atoms with E-state index < -0.39 is 0 Å². The minimum atomic E-state index is 0.0789. The van der Waals surface area contributed by atoms with E-state index in [2.05, 4.69) is 40.9 Å². The molecule has 5 rings (SSSR count). The summed E-state index contributed by atoms with van der Waals surface area (Å²) in [5, 5.41) is 4.13. The van der Waals surface area contributed by atoms with Crippen LogP contribution in [0.5, 0.6) is 0 Å². The van der Waals surface area contributed by atoms with Gasteiger partial charge in [-0.05, 0) is 25.0 Å². The Morgan fingerprint density at radius 3 is 2.70 bits per heavy atom. The summed E-state index contributed by atoms with van der Waals surface area (Å²) in [6.45, 7) is 4.62. The van der Waals surface area contributed by atoms with E-state index in [-0.39, 0.29) is 11.3 Å². The largest absolute Gasteiger partial charge is 0.337 e. The average Bonchev–Trinajstić information content (AvgIpc) is 3.41. The zero-order chi connectivity index (χ0) is 18.6. The first-order valence-corrected chi connectivity index (χ1v) is 9.43. The third-order valence-electron chi connectivity index (χ3n) is 6.08. The lowest BCUT2D eigenvalue weighted by Crippen LogP contribution is -2.34. The molecule has 1 atom stereocenters. The summed E-state index contributed by atoms with van der Waals surface area (Å²) in [5.41, 5.74) is 4.41. The first-order valence-electron chi connectivity index (χ1n) is 9.43. The maximum absolute atomic E-state index is 12.8. The Morgan fingerprint density at radius 2 is 1.96 bits per heavy atom. The number of benzene rings is 1. The molecule has 0 bridgehead atoms. The molecule has 1 amide bonds. The second-order valence-corrected chi connectivity index (χ2v) is 8.01. The van der Waals surface area contributed by atoms with Gasteiger partial charge in [0.05, 0.1) is 11.9 Å². The molecule has 6 nitrogen and oxygen atoms in total. The third-order valence-corrected chi connectivity index (χ3v) is 6.08. The third kappa shape index (κ3) is 2.59. The number of likely N-dealkylation sites (tertiary alicyclic amines) is 1. The number of fused-ring (bicyclic) bond motifs is 1. The predicted octanol–water partition coefficient (Wildman–Crippen LogP) is 2.68. The minimum absolute atomic E-state index is 0.0789. The number of imidazole rings is 1. The number of hydrogen-bond donors (Lipinski definition) is 0. The van der Waals surface area contributed by atoms with Crippen LogP contribution in [0.15, 0.2) is 42.7 Å². The van der Waals surface area contributed by atoms with Crippen LogP contribution >= 0.6 is 0 Å². The van der Waals surface area contributed by atoms with Crippen molar-refractivity contribution in [2.24, 2.45) is 12.5 Å². The quantitative estimate of drug-likeness (QED) is 0.705. The first-order chi connectivity index (χ1) is 13.0. The summed E-state index contributed by atoms with van der Waals surface area (Å²) in [4.78, 5) is 19.5.